The van der Waals surface area contributed by atoms with Crippen LogP contribution in [0.4, 0.5) is 4.79 Å². The molecule has 3 amide bonds. The normalized spacial score (nSPS) is 14.3. The molecule has 1 aliphatic rings. The number of hydrogen-bond donors (Lipinski definition) is 3. The molecule has 0 radical (unpaired) electrons. The zero-order valence-electron chi connectivity index (χ0n) is 15.4. The summed E-state index contributed by atoms with van der Waals surface area (Å²) in [4.78, 5) is 24.2. The van der Waals surface area contributed by atoms with Crippen molar-refractivity contribution in [3.8, 4) is 0 Å². The first-order valence-electron chi connectivity index (χ1n) is 8.99. The summed E-state index contributed by atoms with van der Waals surface area (Å²) in [5, 5.41) is 2.84. The molecule has 6 heteroatoms. The van der Waals surface area contributed by atoms with Crippen molar-refractivity contribution in [2.75, 3.05) is 0 Å². The first kappa shape index (κ1) is 18.0. The SMILES string of the molecule is Cc1cc(C(=O)NNC(=O)NC(C)c2ccc3c(c2)CCCC3)c(C)o1. The Morgan fingerprint density at radius 2 is 1.77 bits per heavy atom. The van der Waals surface area contributed by atoms with E-state index in [4.69, 9.17) is 4.42 Å². The smallest absolute Gasteiger partial charge is 0.333 e. The third-order valence-corrected chi connectivity index (χ3v) is 4.80. The fourth-order valence-electron chi connectivity index (χ4n) is 3.38. The summed E-state index contributed by atoms with van der Waals surface area (Å²) in [5.74, 6) is 0.763. The van der Waals surface area contributed by atoms with Crippen LogP contribution in [0.3, 0.4) is 0 Å². The predicted molar refractivity (Wildman–Crippen MR) is 98.8 cm³/mol. The average Bonchev–Trinajstić information content (AvgIpc) is 2.97. The molecule has 6 nitrogen and oxygen atoms in total. The Bertz CT molecular complexity index is 826. The van der Waals surface area contributed by atoms with Gasteiger partial charge in [0.15, 0.2) is 0 Å². The average molecular weight is 355 g/mol. The lowest BCUT2D eigenvalue weighted by Crippen LogP contribution is -2.47. The van der Waals surface area contributed by atoms with E-state index in [0.29, 0.717) is 17.1 Å². The van der Waals surface area contributed by atoms with Crippen LogP contribution in [-0.4, -0.2) is 11.9 Å². The highest BCUT2D eigenvalue weighted by atomic mass is 16.3. The summed E-state index contributed by atoms with van der Waals surface area (Å²) >= 11 is 0. The van der Waals surface area contributed by atoms with Gasteiger partial charge in [-0.3, -0.25) is 10.2 Å². The van der Waals surface area contributed by atoms with Gasteiger partial charge >= 0.3 is 6.03 Å². The number of furan rings is 1. The predicted octanol–water partition coefficient (Wildman–Crippen LogP) is 3.48. The van der Waals surface area contributed by atoms with Crippen molar-refractivity contribution < 1.29 is 14.0 Å². The standard InChI is InChI=1S/C20H25N3O3/c1-12-10-18(14(3)26-12)19(24)22-23-20(25)21-13(2)16-9-8-15-6-4-5-7-17(15)11-16/h8-11,13H,4-7H2,1-3H3,(H,22,24)(H2,21,23,25). The lowest BCUT2D eigenvalue weighted by atomic mass is 9.89. The summed E-state index contributed by atoms with van der Waals surface area (Å²) in [6, 6.07) is 7.42. The minimum atomic E-state index is -0.457. The van der Waals surface area contributed by atoms with E-state index < -0.39 is 11.9 Å². The second-order valence-electron chi connectivity index (χ2n) is 6.84. The van der Waals surface area contributed by atoms with Gasteiger partial charge in [0.2, 0.25) is 0 Å². The molecular weight excluding hydrogens is 330 g/mol. The molecule has 0 bridgehead atoms. The lowest BCUT2D eigenvalue weighted by Gasteiger charge is -2.20. The van der Waals surface area contributed by atoms with E-state index in [1.54, 1.807) is 19.9 Å². The van der Waals surface area contributed by atoms with E-state index in [9.17, 15) is 9.59 Å². The number of nitrogens with one attached hydrogen (secondary N) is 3. The quantitative estimate of drug-likeness (QED) is 0.737. The number of amides is 3. The van der Waals surface area contributed by atoms with Crippen LogP contribution in [0.5, 0.6) is 0 Å². The fourth-order valence-corrected chi connectivity index (χ4v) is 3.38. The highest BCUT2D eigenvalue weighted by Gasteiger charge is 2.16. The van der Waals surface area contributed by atoms with Gasteiger partial charge in [-0.15, -0.1) is 0 Å². The minimum absolute atomic E-state index is 0.156. The molecule has 3 rings (SSSR count). The first-order chi connectivity index (χ1) is 12.4. The molecule has 0 fully saturated rings. The van der Waals surface area contributed by atoms with E-state index in [1.807, 2.05) is 6.92 Å². The van der Waals surface area contributed by atoms with E-state index >= 15 is 0 Å². The number of aryl methyl sites for hydroxylation is 4. The molecule has 0 spiro atoms. The largest absolute Gasteiger partial charge is 0.466 e. The lowest BCUT2D eigenvalue weighted by molar-refractivity contribution is 0.0934. The number of hydrazine groups is 1. The molecule has 1 atom stereocenters. The number of carbonyl (C=O) groups is 2. The maximum absolute atomic E-state index is 12.1. The second-order valence-corrected chi connectivity index (χ2v) is 6.84. The molecule has 1 aromatic carbocycles. The zero-order valence-corrected chi connectivity index (χ0v) is 15.4. The molecular formula is C20H25N3O3. The summed E-state index contributed by atoms with van der Waals surface area (Å²) in [6.45, 7) is 5.40. The summed E-state index contributed by atoms with van der Waals surface area (Å²) in [5.41, 5.74) is 9.05. The number of rotatable bonds is 3. The van der Waals surface area contributed by atoms with Gasteiger partial charge in [-0.25, -0.2) is 10.2 Å². The van der Waals surface area contributed by atoms with E-state index in [0.717, 1.165) is 18.4 Å². The summed E-state index contributed by atoms with van der Waals surface area (Å²) < 4.78 is 5.32. The van der Waals surface area contributed by atoms with Gasteiger partial charge in [-0.2, -0.15) is 0 Å². The molecule has 1 unspecified atom stereocenters. The van der Waals surface area contributed by atoms with E-state index in [1.165, 1.54) is 24.0 Å². The molecule has 2 aromatic rings. The number of fused-ring (bicyclic) bond motifs is 1. The van der Waals surface area contributed by atoms with Crippen LogP contribution in [0.1, 0.15) is 64.4 Å². The molecule has 0 saturated carbocycles. The number of benzene rings is 1. The third kappa shape index (κ3) is 4.07. The Labute approximate surface area is 153 Å². The Morgan fingerprint density at radius 1 is 1.04 bits per heavy atom. The third-order valence-electron chi connectivity index (χ3n) is 4.80. The molecule has 0 saturated heterocycles. The van der Waals surface area contributed by atoms with Crippen LogP contribution >= 0.6 is 0 Å². The van der Waals surface area contributed by atoms with Gasteiger partial charge in [0.05, 0.1) is 11.6 Å². The Morgan fingerprint density at radius 3 is 2.46 bits per heavy atom. The Kier molecular flexibility index (Phi) is 5.30. The highest BCUT2D eigenvalue weighted by Crippen LogP contribution is 2.24. The van der Waals surface area contributed by atoms with Crippen LogP contribution in [-0.2, 0) is 12.8 Å². The van der Waals surface area contributed by atoms with Crippen molar-refractivity contribution in [3.05, 3.63) is 58.0 Å². The molecule has 3 N–H and O–H groups in total. The van der Waals surface area contributed by atoms with Crippen LogP contribution < -0.4 is 16.2 Å². The molecule has 26 heavy (non-hydrogen) atoms. The molecule has 1 aromatic heterocycles. The first-order valence-corrected chi connectivity index (χ1v) is 8.99. The highest BCUT2D eigenvalue weighted by molar-refractivity contribution is 5.96. The fraction of sp³-hybridized carbons (Fsp3) is 0.400. The van der Waals surface area contributed by atoms with Gasteiger partial charge in [0.1, 0.15) is 11.5 Å². The van der Waals surface area contributed by atoms with Gasteiger partial charge in [0.25, 0.3) is 5.91 Å². The zero-order chi connectivity index (χ0) is 18.7. The second kappa shape index (κ2) is 7.64. The van der Waals surface area contributed by atoms with Crippen LogP contribution in [0.2, 0.25) is 0 Å². The minimum Gasteiger partial charge on any atom is -0.466 e. The van der Waals surface area contributed by atoms with Crippen molar-refractivity contribution in [3.63, 3.8) is 0 Å². The van der Waals surface area contributed by atoms with Crippen molar-refractivity contribution in [1.82, 2.24) is 16.2 Å². The van der Waals surface area contributed by atoms with E-state index in [-0.39, 0.29) is 6.04 Å². The summed E-state index contributed by atoms with van der Waals surface area (Å²) in [6.07, 6.45) is 4.70. The van der Waals surface area contributed by atoms with Gasteiger partial charge in [-0.05, 0) is 69.2 Å². The van der Waals surface area contributed by atoms with Crippen LogP contribution in [0.15, 0.2) is 28.7 Å². The number of urea groups is 1. The topological polar surface area (TPSA) is 83.4 Å². The Balaban J connectivity index is 1.54. The van der Waals surface area contributed by atoms with Gasteiger partial charge in [-0.1, -0.05) is 18.2 Å². The van der Waals surface area contributed by atoms with Crippen LogP contribution in [0, 0.1) is 13.8 Å². The van der Waals surface area contributed by atoms with Crippen molar-refractivity contribution in [1.29, 1.82) is 0 Å². The van der Waals surface area contributed by atoms with Crippen LogP contribution in [0.25, 0.3) is 0 Å². The van der Waals surface area contributed by atoms with Crippen molar-refractivity contribution in [2.24, 2.45) is 0 Å². The van der Waals surface area contributed by atoms with Crippen molar-refractivity contribution in [2.45, 2.75) is 52.5 Å². The van der Waals surface area contributed by atoms with Gasteiger partial charge in [0, 0.05) is 0 Å². The maximum Gasteiger partial charge on any atom is 0.333 e. The Hall–Kier alpha value is -2.76. The number of carbonyl (C=O) groups excluding carboxylic acids is 2. The summed E-state index contributed by atoms with van der Waals surface area (Å²) in [7, 11) is 0. The van der Waals surface area contributed by atoms with E-state index in [2.05, 4.69) is 34.4 Å². The number of hydrogen-bond acceptors (Lipinski definition) is 3. The molecule has 138 valence electrons. The van der Waals surface area contributed by atoms with Crippen molar-refractivity contribution >= 4 is 11.9 Å². The monoisotopic (exact) mass is 355 g/mol. The molecule has 1 aliphatic carbocycles. The van der Waals surface area contributed by atoms with Gasteiger partial charge < -0.3 is 9.73 Å². The molecule has 0 aliphatic heterocycles. The molecule has 1 heterocycles. The maximum atomic E-state index is 12.1.